The van der Waals surface area contributed by atoms with Gasteiger partial charge in [-0.3, -0.25) is 4.79 Å². The van der Waals surface area contributed by atoms with Crippen molar-refractivity contribution in [2.45, 2.75) is 50.6 Å². The fourth-order valence-corrected chi connectivity index (χ4v) is 3.66. The van der Waals surface area contributed by atoms with Crippen molar-refractivity contribution in [3.8, 4) is 0 Å². The van der Waals surface area contributed by atoms with Crippen LogP contribution in [0.25, 0.3) is 0 Å². The SMILES string of the molecule is CCSc1ccccc1C(=O)N(C(C)CC)[C@H]1CCNC1. The maximum absolute atomic E-state index is 13.1. The fourth-order valence-electron chi connectivity index (χ4n) is 2.86. The first-order valence-electron chi connectivity index (χ1n) is 7.94. The lowest BCUT2D eigenvalue weighted by atomic mass is 10.1. The molecule has 0 radical (unpaired) electrons. The van der Waals surface area contributed by atoms with E-state index < -0.39 is 0 Å². The highest BCUT2D eigenvalue weighted by molar-refractivity contribution is 7.99. The van der Waals surface area contributed by atoms with Crippen LogP contribution in [0.15, 0.2) is 29.2 Å². The van der Waals surface area contributed by atoms with Crippen molar-refractivity contribution in [2.24, 2.45) is 0 Å². The number of thioether (sulfide) groups is 1. The predicted molar refractivity (Wildman–Crippen MR) is 90.0 cm³/mol. The first-order chi connectivity index (χ1) is 10.2. The average Bonchev–Trinajstić information content (AvgIpc) is 3.02. The molecule has 0 spiro atoms. The highest BCUT2D eigenvalue weighted by Crippen LogP contribution is 2.26. The molecule has 4 heteroatoms. The second kappa shape index (κ2) is 7.85. The Hall–Kier alpha value is -1.00. The number of amides is 1. The summed E-state index contributed by atoms with van der Waals surface area (Å²) in [5.41, 5.74) is 0.858. The molecule has 1 N–H and O–H groups in total. The normalized spacial score (nSPS) is 19.5. The molecule has 3 nitrogen and oxygen atoms in total. The molecule has 0 bridgehead atoms. The van der Waals surface area contributed by atoms with E-state index in [1.54, 1.807) is 11.8 Å². The first kappa shape index (κ1) is 16.4. The van der Waals surface area contributed by atoms with E-state index in [0.717, 1.165) is 42.1 Å². The lowest BCUT2D eigenvalue weighted by molar-refractivity contribution is 0.0600. The molecule has 1 unspecified atom stereocenters. The smallest absolute Gasteiger partial charge is 0.255 e. The summed E-state index contributed by atoms with van der Waals surface area (Å²) in [6.07, 6.45) is 2.05. The number of nitrogens with one attached hydrogen (secondary N) is 1. The Labute approximate surface area is 132 Å². The van der Waals surface area contributed by atoms with Gasteiger partial charge >= 0.3 is 0 Å². The van der Waals surface area contributed by atoms with E-state index >= 15 is 0 Å². The molecule has 1 aliphatic heterocycles. The predicted octanol–water partition coefficient (Wildman–Crippen LogP) is 3.40. The van der Waals surface area contributed by atoms with Gasteiger partial charge in [0.1, 0.15) is 0 Å². The fraction of sp³-hybridized carbons (Fsp3) is 0.588. The second-order valence-electron chi connectivity index (χ2n) is 5.55. The molecule has 1 amide bonds. The van der Waals surface area contributed by atoms with E-state index in [1.165, 1.54) is 0 Å². The molecule has 0 aromatic heterocycles. The quantitative estimate of drug-likeness (QED) is 0.818. The molecule has 1 fully saturated rings. The molecule has 1 aliphatic rings. The van der Waals surface area contributed by atoms with Gasteiger partial charge in [0.2, 0.25) is 0 Å². The summed E-state index contributed by atoms with van der Waals surface area (Å²) in [6, 6.07) is 8.61. The summed E-state index contributed by atoms with van der Waals surface area (Å²) >= 11 is 1.75. The van der Waals surface area contributed by atoms with Crippen LogP contribution < -0.4 is 5.32 Å². The van der Waals surface area contributed by atoms with Crippen LogP contribution in [-0.4, -0.2) is 41.7 Å². The third-order valence-corrected chi connectivity index (χ3v) is 5.10. The number of benzene rings is 1. The summed E-state index contributed by atoms with van der Waals surface area (Å²) in [7, 11) is 0. The molecular formula is C17H26N2OS. The Morgan fingerprint density at radius 1 is 1.43 bits per heavy atom. The molecule has 2 atom stereocenters. The van der Waals surface area contributed by atoms with Crippen LogP contribution in [0.1, 0.15) is 44.0 Å². The lowest BCUT2D eigenvalue weighted by Gasteiger charge is -2.34. The zero-order chi connectivity index (χ0) is 15.2. The van der Waals surface area contributed by atoms with Crippen LogP contribution in [0.5, 0.6) is 0 Å². The Morgan fingerprint density at radius 3 is 2.81 bits per heavy atom. The van der Waals surface area contributed by atoms with E-state index in [4.69, 9.17) is 0 Å². The van der Waals surface area contributed by atoms with Crippen LogP contribution in [-0.2, 0) is 0 Å². The molecule has 1 heterocycles. The van der Waals surface area contributed by atoms with Gasteiger partial charge in [0.15, 0.2) is 0 Å². The van der Waals surface area contributed by atoms with Gasteiger partial charge in [-0.1, -0.05) is 26.0 Å². The third kappa shape index (κ3) is 3.80. The summed E-state index contributed by atoms with van der Waals surface area (Å²) in [5, 5.41) is 3.38. The van der Waals surface area contributed by atoms with Crippen molar-refractivity contribution < 1.29 is 4.79 Å². The molecule has 1 saturated heterocycles. The molecule has 2 rings (SSSR count). The lowest BCUT2D eigenvalue weighted by Crippen LogP contribution is -2.47. The highest BCUT2D eigenvalue weighted by atomic mass is 32.2. The number of hydrogen-bond acceptors (Lipinski definition) is 3. The molecule has 0 saturated carbocycles. The largest absolute Gasteiger partial charge is 0.332 e. The number of rotatable bonds is 6. The van der Waals surface area contributed by atoms with E-state index in [9.17, 15) is 4.79 Å². The van der Waals surface area contributed by atoms with Crippen LogP contribution >= 0.6 is 11.8 Å². The third-order valence-electron chi connectivity index (χ3n) is 4.15. The summed E-state index contributed by atoms with van der Waals surface area (Å²) in [5.74, 6) is 1.17. The standard InChI is InChI=1S/C17H26N2OS/c1-4-13(3)19(14-10-11-18-12-14)17(20)15-8-6-7-9-16(15)21-5-2/h6-9,13-14,18H,4-5,10-12H2,1-3H3/t13?,14-/m0/s1. The topological polar surface area (TPSA) is 32.3 Å². The van der Waals surface area contributed by atoms with E-state index in [1.807, 2.05) is 18.2 Å². The van der Waals surface area contributed by atoms with Gasteiger partial charge in [0.05, 0.1) is 5.56 Å². The summed E-state index contributed by atoms with van der Waals surface area (Å²) < 4.78 is 0. The van der Waals surface area contributed by atoms with Crippen LogP contribution in [0, 0.1) is 0 Å². The van der Waals surface area contributed by atoms with Crippen LogP contribution in [0.4, 0.5) is 0 Å². The van der Waals surface area contributed by atoms with Gasteiger partial charge in [0.25, 0.3) is 5.91 Å². The number of nitrogens with zero attached hydrogens (tertiary/aromatic N) is 1. The monoisotopic (exact) mass is 306 g/mol. The highest BCUT2D eigenvalue weighted by Gasteiger charge is 2.31. The van der Waals surface area contributed by atoms with E-state index in [0.29, 0.717) is 6.04 Å². The van der Waals surface area contributed by atoms with Gasteiger partial charge in [0, 0.05) is 23.5 Å². The van der Waals surface area contributed by atoms with Gasteiger partial charge in [-0.25, -0.2) is 0 Å². The van der Waals surface area contributed by atoms with Crippen molar-refractivity contribution in [3.63, 3.8) is 0 Å². The molecule has 21 heavy (non-hydrogen) atoms. The van der Waals surface area contributed by atoms with Crippen molar-refractivity contribution in [1.29, 1.82) is 0 Å². The maximum Gasteiger partial charge on any atom is 0.255 e. The van der Waals surface area contributed by atoms with Crippen molar-refractivity contribution >= 4 is 17.7 Å². The number of carbonyl (C=O) groups is 1. The Bertz CT molecular complexity index is 472. The van der Waals surface area contributed by atoms with Gasteiger partial charge in [-0.05, 0) is 44.2 Å². The zero-order valence-corrected chi connectivity index (χ0v) is 14.1. The van der Waals surface area contributed by atoms with Crippen LogP contribution in [0.3, 0.4) is 0 Å². The van der Waals surface area contributed by atoms with Crippen molar-refractivity contribution in [3.05, 3.63) is 29.8 Å². The zero-order valence-electron chi connectivity index (χ0n) is 13.3. The minimum absolute atomic E-state index is 0.189. The summed E-state index contributed by atoms with van der Waals surface area (Å²) in [4.78, 5) is 16.3. The van der Waals surface area contributed by atoms with E-state index in [-0.39, 0.29) is 11.9 Å². The second-order valence-corrected chi connectivity index (χ2v) is 6.85. The Balaban J connectivity index is 2.29. The Morgan fingerprint density at radius 2 is 2.19 bits per heavy atom. The van der Waals surface area contributed by atoms with Crippen molar-refractivity contribution in [1.82, 2.24) is 10.2 Å². The van der Waals surface area contributed by atoms with Gasteiger partial charge in [-0.15, -0.1) is 11.8 Å². The minimum Gasteiger partial charge on any atom is -0.332 e. The summed E-state index contributed by atoms with van der Waals surface area (Å²) in [6.45, 7) is 8.36. The number of hydrogen-bond donors (Lipinski definition) is 1. The maximum atomic E-state index is 13.1. The number of carbonyl (C=O) groups excluding carboxylic acids is 1. The Kier molecular flexibility index (Phi) is 6.12. The van der Waals surface area contributed by atoms with Gasteiger partial charge in [-0.2, -0.15) is 0 Å². The molecule has 1 aromatic rings. The molecule has 0 aliphatic carbocycles. The van der Waals surface area contributed by atoms with Crippen molar-refractivity contribution in [2.75, 3.05) is 18.8 Å². The first-order valence-corrected chi connectivity index (χ1v) is 8.92. The van der Waals surface area contributed by atoms with E-state index in [2.05, 4.69) is 37.1 Å². The van der Waals surface area contributed by atoms with Crippen LogP contribution in [0.2, 0.25) is 0 Å². The molecular weight excluding hydrogens is 280 g/mol. The minimum atomic E-state index is 0.189. The molecule has 1 aromatic carbocycles. The van der Waals surface area contributed by atoms with Gasteiger partial charge < -0.3 is 10.2 Å². The average molecular weight is 306 g/mol. The molecule has 116 valence electrons.